The molecule has 0 aliphatic carbocycles. The Hall–Kier alpha value is -4.98. The van der Waals surface area contributed by atoms with Crippen LogP contribution in [0, 0.1) is 10.1 Å². The van der Waals surface area contributed by atoms with Crippen LogP contribution in [0.1, 0.15) is 36.8 Å². The molecule has 11 nitrogen and oxygen atoms in total. The maximum atomic E-state index is 14.2. The largest absolute Gasteiger partial charge is 0.493 e. The van der Waals surface area contributed by atoms with Crippen LogP contribution in [0.25, 0.3) is 17.4 Å². The minimum absolute atomic E-state index is 0.0984. The number of aromatic nitrogens is 1. The molecule has 0 radical (unpaired) electrons. The lowest BCUT2D eigenvalue weighted by Crippen LogP contribution is -2.39. The lowest BCUT2D eigenvalue weighted by atomic mass is 10.0. The molecule has 3 aromatic carbocycles. The standard InChI is InChI=1S/C35H27BrClN3O8S/c1-4-46-34(42)30-19(2)38-35-39(31(30)27-13-12-26(48-27)23-17-22(40(43)44)10-11-25(23)37)33(41)29(49-35)16-21-14-24(36)32(28(15-21)45-3)47-18-20-8-6-5-7-9-20/h5-17,31H,4,18H2,1-3H3/b29-16-/t31-/m1/s1. The summed E-state index contributed by atoms with van der Waals surface area (Å²) in [5.74, 6) is 0.749. The van der Waals surface area contributed by atoms with Crippen molar-refractivity contribution < 1.29 is 28.3 Å². The number of furan rings is 1. The van der Waals surface area contributed by atoms with E-state index >= 15 is 0 Å². The van der Waals surface area contributed by atoms with E-state index in [0.717, 1.165) is 16.9 Å². The molecular formula is C35H27BrClN3O8S. The molecule has 0 spiro atoms. The molecule has 14 heteroatoms. The minimum Gasteiger partial charge on any atom is -0.493 e. The van der Waals surface area contributed by atoms with Crippen LogP contribution in [0.2, 0.25) is 5.02 Å². The molecule has 6 rings (SSSR count). The summed E-state index contributed by atoms with van der Waals surface area (Å²) in [5.41, 5.74) is 1.80. The van der Waals surface area contributed by atoms with Gasteiger partial charge in [-0.25, -0.2) is 9.79 Å². The number of benzene rings is 3. The predicted octanol–water partition coefficient (Wildman–Crippen LogP) is 6.97. The van der Waals surface area contributed by atoms with Gasteiger partial charge < -0.3 is 18.6 Å². The van der Waals surface area contributed by atoms with Gasteiger partial charge in [-0.05, 0) is 77.3 Å². The third kappa shape index (κ3) is 6.82. The zero-order chi connectivity index (χ0) is 34.8. The molecule has 0 N–H and O–H groups in total. The van der Waals surface area contributed by atoms with E-state index in [0.29, 0.717) is 43.2 Å². The van der Waals surface area contributed by atoms with E-state index in [1.165, 1.54) is 29.9 Å². The highest BCUT2D eigenvalue weighted by molar-refractivity contribution is 9.10. The van der Waals surface area contributed by atoms with Crippen LogP contribution in [0.5, 0.6) is 11.5 Å². The molecule has 0 fully saturated rings. The van der Waals surface area contributed by atoms with E-state index in [1.54, 1.807) is 38.1 Å². The lowest BCUT2D eigenvalue weighted by molar-refractivity contribution is -0.384. The molecule has 0 saturated carbocycles. The number of nitro groups is 1. The Morgan fingerprint density at radius 1 is 1.16 bits per heavy atom. The summed E-state index contributed by atoms with van der Waals surface area (Å²) < 4.78 is 25.6. The van der Waals surface area contributed by atoms with Gasteiger partial charge in [-0.3, -0.25) is 19.5 Å². The quantitative estimate of drug-likeness (QED) is 0.0846. The Labute approximate surface area is 296 Å². The maximum Gasteiger partial charge on any atom is 0.338 e. The zero-order valence-electron chi connectivity index (χ0n) is 26.3. The molecule has 1 atom stereocenters. The number of hydrogen-bond donors (Lipinski definition) is 0. The highest BCUT2D eigenvalue weighted by atomic mass is 79.9. The SMILES string of the molecule is CCOC(=O)C1=C(C)N=c2s/c(=C\c3cc(Br)c(OCc4ccccc4)c(OC)c3)c(=O)n2[C@@H]1c1ccc(-c2cc([N+](=O)[O-])ccc2Cl)o1. The molecule has 250 valence electrons. The summed E-state index contributed by atoms with van der Waals surface area (Å²) in [5, 5.41) is 11.7. The number of non-ortho nitro benzene ring substituents is 1. The van der Waals surface area contributed by atoms with Crippen molar-refractivity contribution in [3.63, 3.8) is 0 Å². The number of fused-ring (bicyclic) bond motifs is 1. The molecule has 0 unspecified atom stereocenters. The van der Waals surface area contributed by atoms with Gasteiger partial charge in [-0.2, -0.15) is 0 Å². The zero-order valence-corrected chi connectivity index (χ0v) is 29.4. The molecular weight excluding hydrogens is 738 g/mol. The van der Waals surface area contributed by atoms with Gasteiger partial charge in [0.1, 0.15) is 24.2 Å². The van der Waals surface area contributed by atoms with Gasteiger partial charge in [-0.1, -0.05) is 53.3 Å². The smallest absolute Gasteiger partial charge is 0.338 e. The van der Waals surface area contributed by atoms with Gasteiger partial charge in [0.25, 0.3) is 11.2 Å². The fourth-order valence-electron chi connectivity index (χ4n) is 5.37. The summed E-state index contributed by atoms with van der Waals surface area (Å²) in [4.78, 5) is 43.3. The van der Waals surface area contributed by atoms with Crippen molar-refractivity contribution >= 4 is 56.6 Å². The van der Waals surface area contributed by atoms with Crippen LogP contribution in [-0.2, 0) is 16.1 Å². The van der Waals surface area contributed by atoms with Crippen molar-refractivity contribution in [2.45, 2.75) is 26.5 Å². The van der Waals surface area contributed by atoms with Crippen LogP contribution >= 0.6 is 38.9 Å². The normalized spacial score (nSPS) is 14.3. The van der Waals surface area contributed by atoms with E-state index in [2.05, 4.69) is 20.9 Å². The van der Waals surface area contributed by atoms with Crippen molar-refractivity contribution in [1.29, 1.82) is 0 Å². The first-order chi connectivity index (χ1) is 23.6. The van der Waals surface area contributed by atoms with Gasteiger partial charge in [0.2, 0.25) is 0 Å². The summed E-state index contributed by atoms with van der Waals surface area (Å²) in [7, 11) is 1.53. The Kier molecular flexibility index (Phi) is 9.86. The fraction of sp³-hybridized carbons (Fsp3) is 0.171. The molecule has 3 heterocycles. The summed E-state index contributed by atoms with van der Waals surface area (Å²) in [6, 6.07) is 19.4. The van der Waals surface area contributed by atoms with Gasteiger partial charge in [0, 0.05) is 17.7 Å². The first-order valence-corrected chi connectivity index (χ1v) is 16.9. The van der Waals surface area contributed by atoms with Crippen LogP contribution in [-0.4, -0.2) is 29.2 Å². The number of carbonyl (C=O) groups excluding carboxylic acids is 1. The second-order valence-corrected chi connectivity index (χ2v) is 13.0. The molecule has 5 aromatic rings. The number of esters is 1. The first-order valence-electron chi connectivity index (χ1n) is 14.9. The third-order valence-electron chi connectivity index (χ3n) is 7.62. The molecule has 1 aliphatic rings. The Morgan fingerprint density at radius 3 is 2.65 bits per heavy atom. The highest BCUT2D eigenvalue weighted by Gasteiger charge is 2.35. The number of halogens is 2. The number of allylic oxidation sites excluding steroid dienone is 1. The second-order valence-electron chi connectivity index (χ2n) is 10.7. The number of hydrogen-bond acceptors (Lipinski definition) is 10. The number of nitrogens with zero attached hydrogens (tertiary/aromatic N) is 3. The average Bonchev–Trinajstić information content (AvgIpc) is 3.68. The number of carbonyl (C=O) groups is 1. The number of nitro benzene ring substituents is 1. The van der Waals surface area contributed by atoms with Crippen LogP contribution in [0.15, 0.2) is 103 Å². The average molecular weight is 765 g/mol. The van der Waals surface area contributed by atoms with Crippen LogP contribution < -0.4 is 24.4 Å². The number of methoxy groups -OCH3 is 1. The summed E-state index contributed by atoms with van der Waals surface area (Å²) in [6.07, 6.45) is 1.70. The topological polar surface area (TPSA) is 135 Å². The molecule has 0 saturated heterocycles. The van der Waals surface area contributed by atoms with E-state index < -0.39 is 22.5 Å². The van der Waals surface area contributed by atoms with E-state index in [9.17, 15) is 19.7 Å². The monoisotopic (exact) mass is 763 g/mol. The van der Waals surface area contributed by atoms with Crippen molar-refractivity contribution in [1.82, 2.24) is 4.57 Å². The minimum atomic E-state index is -1.04. The highest BCUT2D eigenvalue weighted by Crippen LogP contribution is 2.39. The van der Waals surface area contributed by atoms with Gasteiger partial charge in [0.15, 0.2) is 16.3 Å². The molecule has 49 heavy (non-hydrogen) atoms. The van der Waals surface area contributed by atoms with Crippen molar-refractivity contribution in [3.05, 3.63) is 140 Å². The van der Waals surface area contributed by atoms with E-state index in [1.807, 2.05) is 36.4 Å². The number of ether oxygens (including phenoxy) is 3. The Balaban J connectivity index is 1.44. The number of rotatable bonds is 10. The van der Waals surface area contributed by atoms with E-state index in [4.69, 9.17) is 30.2 Å². The van der Waals surface area contributed by atoms with E-state index in [-0.39, 0.29) is 40.0 Å². The maximum absolute atomic E-state index is 14.2. The lowest BCUT2D eigenvalue weighted by Gasteiger charge is -2.22. The molecule has 1 aliphatic heterocycles. The number of thiazole rings is 1. The van der Waals surface area contributed by atoms with Gasteiger partial charge in [0.05, 0.1) is 43.9 Å². The van der Waals surface area contributed by atoms with Crippen molar-refractivity contribution in [3.8, 4) is 22.8 Å². The molecule has 0 amide bonds. The van der Waals surface area contributed by atoms with Crippen LogP contribution in [0.3, 0.4) is 0 Å². The Bertz CT molecular complexity index is 2310. The molecule has 2 aromatic heterocycles. The van der Waals surface area contributed by atoms with Crippen LogP contribution in [0.4, 0.5) is 5.69 Å². The summed E-state index contributed by atoms with van der Waals surface area (Å²) in [6.45, 7) is 3.77. The second kappa shape index (κ2) is 14.2. The molecule has 0 bridgehead atoms. The Morgan fingerprint density at radius 2 is 1.94 bits per heavy atom. The van der Waals surface area contributed by atoms with Gasteiger partial charge in [-0.15, -0.1) is 0 Å². The first kappa shape index (κ1) is 33.9. The third-order valence-corrected chi connectivity index (χ3v) is 9.52. The van der Waals surface area contributed by atoms with Gasteiger partial charge >= 0.3 is 5.97 Å². The predicted molar refractivity (Wildman–Crippen MR) is 188 cm³/mol. The fourth-order valence-corrected chi connectivity index (χ4v) is 7.20. The summed E-state index contributed by atoms with van der Waals surface area (Å²) >= 11 is 11.1. The van der Waals surface area contributed by atoms with Crippen molar-refractivity contribution in [2.24, 2.45) is 4.99 Å². The van der Waals surface area contributed by atoms with Crippen molar-refractivity contribution in [2.75, 3.05) is 13.7 Å².